The van der Waals surface area contributed by atoms with Gasteiger partial charge in [0.2, 0.25) is 0 Å². The van der Waals surface area contributed by atoms with E-state index >= 15 is 0 Å². The van der Waals surface area contributed by atoms with E-state index in [1.165, 1.54) is 10.7 Å². The number of hydrogen-bond donors (Lipinski definition) is 0. The number of nitrogens with zero attached hydrogens (tertiary/aromatic N) is 2. The zero-order valence-corrected chi connectivity index (χ0v) is 8.85. The summed E-state index contributed by atoms with van der Waals surface area (Å²) in [6, 6.07) is 4.32. The molecule has 0 saturated heterocycles. The monoisotopic (exact) mass is 218 g/mol. The predicted octanol–water partition coefficient (Wildman–Crippen LogP) is 2.39. The molecular formula is C12H11FN2O. The summed E-state index contributed by atoms with van der Waals surface area (Å²) < 4.78 is 15.1. The van der Waals surface area contributed by atoms with E-state index in [9.17, 15) is 9.18 Å². The van der Waals surface area contributed by atoms with Gasteiger partial charge < -0.3 is 0 Å². The lowest BCUT2D eigenvalue weighted by Crippen LogP contribution is -1.98. The van der Waals surface area contributed by atoms with Crippen molar-refractivity contribution in [1.29, 1.82) is 0 Å². The van der Waals surface area contributed by atoms with Gasteiger partial charge >= 0.3 is 0 Å². The van der Waals surface area contributed by atoms with Gasteiger partial charge in [-0.25, -0.2) is 9.07 Å². The first-order valence-corrected chi connectivity index (χ1v) is 5.03. The largest absolute Gasteiger partial charge is 0.298 e. The average Bonchev–Trinajstić information content (AvgIpc) is 2.77. The molecule has 0 amide bonds. The minimum atomic E-state index is -0.449. The molecule has 4 heteroatoms. The summed E-state index contributed by atoms with van der Waals surface area (Å²) >= 11 is 0. The van der Waals surface area contributed by atoms with E-state index < -0.39 is 5.82 Å². The normalized spacial score (nSPS) is 10.4. The Labute approximate surface area is 92.5 Å². The number of carbonyl (C=O) groups excluding carboxylic acids is 1. The van der Waals surface area contributed by atoms with E-state index in [0.717, 1.165) is 12.0 Å². The zero-order chi connectivity index (χ0) is 11.5. The van der Waals surface area contributed by atoms with Crippen molar-refractivity contribution in [3.63, 3.8) is 0 Å². The Hall–Kier alpha value is -1.97. The summed E-state index contributed by atoms with van der Waals surface area (Å²) in [7, 11) is 0. The fourth-order valence-electron chi connectivity index (χ4n) is 1.46. The van der Waals surface area contributed by atoms with Gasteiger partial charge in [0.1, 0.15) is 17.8 Å². The minimum absolute atomic E-state index is 0.323. The molecule has 2 rings (SSSR count). The third-order valence-electron chi connectivity index (χ3n) is 2.40. The molecule has 0 fully saturated rings. The van der Waals surface area contributed by atoms with Gasteiger partial charge in [-0.3, -0.25) is 4.79 Å². The van der Waals surface area contributed by atoms with Crippen LogP contribution in [0.25, 0.3) is 5.69 Å². The number of hydrogen-bond acceptors (Lipinski definition) is 2. The highest BCUT2D eigenvalue weighted by Gasteiger charge is 2.06. The van der Waals surface area contributed by atoms with Crippen molar-refractivity contribution in [2.75, 3.05) is 0 Å². The second-order valence-electron chi connectivity index (χ2n) is 3.48. The Bertz CT molecular complexity index is 519. The van der Waals surface area contributed by atoms with Crippen LogP contribution in [-0.4, -0.2) is 16.1 Å². The molecule has 0 unspecified atom stereocenters. The van der Waals surface area contributed by atoms with Crippen LogP contribution in [0.5, 0.6) is 0 Å². The zero-order valence-electron chi connectivity index (χ0n) is 8.85. The van der Waals surface area contributed by atoms with Crippen LogP contribution < -0.4 is 0 Å². The van der Waals surface area contributed by atoms with E-state index in [2.05, 4.69) is 5.10 Å². The smallest absolute Gasteiger partial charge is 0.150 e. The van der Waals surface area contributed by atoms with Crippen LogP contribution in [0, 0.1) is 5.82 Å². The molecule has 0 saturated carbocycles. The predicted molar refractivity (Wildman–Crippen MR) is 58.3 cm³/mol. The Morgan fingerprint density at radius 3 is 2.88 bits per heavy atom. The molecule has 1 aromatic heterocycles. The van der Waals surface area contributed by atoms with Crippen LogP contribution in [-0.2, 0) is 6.42 Å². The number of carbonyl (C=O) groups is 1. The number of aldehydes is 1. The van der Waals surface area contributed by atoms with Crippen molar-refractivity contribution in [1.82, 2.24) is 9.78 Å². The molecule has 3 nitrogen and oxygen atoms in total. The van der Waals surface area contributed by atoms with Crippen LogP contribution in [0.2, 0.25) is 0 Å². The third-order valence-corrected chi connectivity index (χ3v) is 2.40. The summed E-state index contributed by atoms with van der Waals surface area (Å²) in [5.74, 6) is -0.449. The molecule has 2 aromatic rings. The maximum Gasteiger partial charge on any atom is 0.150 e. The summed E-state index contributed by atoms with van der Waals surface area (Å²) in [5, 5.41) is 4.06. The molecule has 16 heavy (non-hydrogen) atoms. The number of halogens is 1. The van der Waals surface area contributed by atoms with Crippen LogP contribution >= 0.6 is 0 Å². The Balaban J connectivity index is 2.43. The Morgan fingerprint density at radius 2 is 2.31 bits per heavy atom. The van der Waals surface area contributed by atoms with E-state index in [-0.39, 0.29) is 0 Å². The minimum Gasteiger partial charge on any atom is -0.298 e. The molecular weight excluding hydrogens is 207 g/mol. The van der Waals surface area contributed by atoms with Gasteiger partial charge in [0.05, 0.1) is 6.20 Å². The molecule has 1 heterocycles. The average molecular weight is 218 g/mol. The number of aromatic nitrogens is 2. The van der Waals surface area contributed by atoms with Crippen molar-refractivity contribution in [3.8, 4) is 5.69 Å². The van der Waals surface area contributed by atoms with E-state index in [1.807, 2.05) is 6.92 Å². The van der Waals surface area contributed by atoms with Crippen molar-refractivity contribution in [2.24, 2.45) is 0 Å². The third kappa shape index (κ3) is 1.86. The van der Waals surface area contributed by atoms with Gasteiger partial charge in [-0.15, -0.1) is 0 Å². The van der Waals surface area contributed by atoms with Crippen LogP contribution in [0.4, 0.5) is 4.39 Å². The standard InChI is InChI=1S/C12H11FN2O/c1-2-9-6-14-15(7-9)12-4-3-10(8-16)5-11(12)13/h3-8H,2H2,1H3. The molecule has 0 bridgehead atoms. The van der Waals surface area contributed by atoms with Crippen LogP contribution in [0.3, 0.4) is 0 Å². The summed E-state index contributed by atoms with van der Waals surface area (Å²) in [5.41, 5.74) is 1.72. The fraction of sp³-hybridized carbons (Fsp3) is 0.167. The maximum absolute atomic E-state index is 13.6. The molecule has 0 atom stereocenters. The topological polar surface area (TPSA) is 34.9 Å². The Morgan fingerprint density at radius 1 is 1.50 bits per heavy atom. The first-order chi connectivity index (χ1) is 7.74. The summed E-state index contributed by atoms with van der Waals surface area (Å²) in [4.78, 5) is 10.5. The molecule has 0 aliphatic heterocycles. The molecule has 82 valence electrons. The molecule has 0 N–H and O–H groups in total. The first-order valence-electron chi connectivity index (χ1n) is 5.03. The van der Waals surface area contributed by atoms with E-state index in [0.29, 0.717) is 17.5 Å². The highest BCUT2D eigenvalue weighted by atomic mass is 19.1. The highest BCUT2D eigenvalue weighted by Crippen LogP contribution is 2.14. The lowest BCUT2D eigenvalue weighted by Gasteiger charge is -2.03. The summed E-state index contributed by atoms with van der Waals surface area (Å²) in [6.45, 7) is 2.01. The SMILES string of the molecule is CCc1cnn(-c2ccc(C=O)cc2F)c1. The highest BCUT2D eigenvalue weighted by molar-refractivity contribution is 5.75. The van der Waals surface area contributed by atoms with Gasteiger partial charge in [0, 0.05) is 11.8 Å². The lowest BCUT2D eigenvalue weighted by molar-refractivity contribution is 0.112. The van der Waals surface area contributed by atoms with Gasteiger partial charge in [-0.1, -0.05) is 6.92 Å². The van der Waals surface area contributed by atoms with Crippen molar-refractivity contribution < 1.29 is 9.18 Å². The number of benzene rings is 1. The van der Waals surface area contributed by atoms with Gasteiger partial charge in [0.15, 0.2) is 0 Å². The molecule has 0 radical (unpaired) electrons. The van der Waals surface area contributed by atoms with E-state index in [4.69, 9.17) is 0 Å². The quantitative estimate of drug-likeness (QED) is 0.741. The van der Waals surface area contributed by atoms with Crippen molar-refractivity contribution >= 4 is 6.29 Å². The second kappa shape index (κ2) is 4.26. The van der Waals surface area contributed by atoms with Gasteiger partial charge in [0.25, 0.3) is 0 Å². The molecule has 0 spiro atoms. The summed E-state index contributed by atoms with van der Waals surface area (Å²) in [6.07, 6.45) is 4.95. The fourth-order valence-corrected chi connectivity index (χ4v) is 1.46. The number of aryl methyl sites for hydroxylation is 1. The molecule has 1 aromatic carbocycles. The van der Waals surface area contributed by atoms with E-state index in [1.54, 1.807) is 24.5 Å². The molecule has 0 aliphatic carbocycles. The van der Waals surface area contributed by atoms with Crippen LogP contribution in [0.1, 0.15) is 22.8 Å². The second-order valence-corrected chi connectivity index (χ2v) is 3.48. The van der Waals surface area contributed by atoms with Crippen molar-refractivity contribution in [3.05, 3.63) is 47.5 Å². The Kier molecular flexibility index (Phi) is 2.81. The molecule has 0 aliphatic rings. The van der Waals surface area contributed by atoms with Gasteiger partial charge in [-0.05, 0) is 30.2 Å². The number of rotatable bonds is 3. The van der Waals surface area contributed by atoms with Crippen LogP contribution in [0.15, 0.2) is 30.6 Å². The van der Waals surface area contributed by atoms with Crippen molar-refractivity contribution in [2.45, 2.75) is 13.3 Å². The van der Waals surface area contributed by atoms with Gasteiger partial charge in [-0.2, -0.15) is 5.10 Å². The lowest BCUT2D eigenvalue weighted by atomic mass is 10.2. The maximum atomic E-state index is 13.6. The first kappa shape index (κ1) is 10.5.